The molecule has 1 N–H and O–H groups in total. The number of carbonyl (C=O) groups is 1. The van der Waals surface area contributed by atoms with Crippen LogP contribution in [0.4, 0.5) is 10.1 Å². The van der Waals surface area contributed by atoms with Gasteiger partial charge in [0.15, 0.2) is 0 Å². The van der Waals surface area contributed by atoms with E-state index in [-0.39, 0.29) is 22.9 Å². The van der Waals surface area contributed by atoms with Gasteiger partial charge in [-0.1, -0.05) is 12.1 Å². The van der Waals surface area contributed by atoms with E-state index in [4.69, 9.17) is 4.74 Å². The molecule has 1 aliphatic rings. The molecule has 0 saturated carbocycles. The zero-order chi connectivity index (χ0) is 22.0. The molecule has 0 radical (unpaired) electrons. The van der Waals surface area contributed by atoms with Crippen LogP contribution in [0.15, 0.2) is 47.4 Å². The highest BCUT2D eigenvalue weighted by molar-refractivity contribution is 7.89. The topological polar surface area (TPSA) is 93.5 Å². The molecule has 0 atom stereocenters. The number of halogens is 1. The molecule has 0 unspecified atom stereocenters. The minimum atomic E-state index is -3.62. The first kappa shape index (κ1) is 21.4. The zero-order valence-corrected chi connectivity index (χ0v) is 17.9. The molecule has 164 valence electrons. The van der Waals surface area contributed by atoms with Gasteiger partial charge in [-0.25, -0.2) is 17.8 Å². The van der Waals surface area contributed by atoms with Crippen LogP contribution in [-0.4, -0.2) is 54.5 Å². The summed E-state index contributed by atoms with van der Waals surface area (Å²) in [5, 5.41) is 2.55. The number of benzene rings is 2. The number of para-hydroxylation sites is 1. The van der Waals surface area contributed by atoms with Crippen LogP contribution in [0.5, 0.6) is 0 Å². The van der Waals surface area contributed by atoms with E-state index in [9.17, 15) is 17.6 Å². The maximum Gasteiger partial charge on any atom is 0.243 e. The first-order chi connectivity index (χ1) is 14.9. The molecule has 4 rings (SSSR count). The first-order valence-corrected chi connectivity index (χ1v) is 11.4. The molecule has 1 fully saturated rings. The van der Waals surface area contributed by atoms with E-state index >= 15 is 0 Å². The van der Waals surface area contributed by atoms with Crippen molar-refractivity contribution in [2.24, 2.45) is 7.05 Å². The van der Waals surface area contributed by atoms with Crippen LogP contribution in [0.1, 0.15) is 12.2 Å². The standard InChI is InChI=1S/C21H23FN4O4S/c1-25-19-7-6-15(31(28,29)26-10-12-30-13-11-26)14-18(19)23-20(25)8-9-21(27)24-17-5-3-2-4-16(17)22/h2-7,14H,8-13H2,1H3,(H,24,27). The molecule has 10 heteroatoms. The second-order valence-corrected chi connectivity index (χ2v) is 9.22. The largest absolute Gasteiger partial charge is 0.379 e. The van der Waals surface area contributed by atoms with Crippen molar-refractivity contribution >= 4 is 32.7 Å². The first-order valence-electron chi connectivity index (χ1n) is 9.94. The fourth-order valence-corrected chi connectivity index (χ4v) is 4.98. The van der Waals surface area contributed by atoms with Crippen molar-refractivity contribution in [2.45, 2.75) is 17.7 Å². The number of nitrogens with zero attached hydrogens (tertiary/aromatic N) is 3. The van der Waals surface area contributed by atoms with Crippen LogP contribution in [-0.2, 0) is 33.0 Å². The smallest absolute Gasteiger partial charge is 0.243 e. The van der Waals surface area contributed by atoms with Gasteiger partial charge in [0.2, 0.25) is 15.9 Å². The fraction of sp³-hybridized carbons (Fsp3) is 0.333. The Bertz CT molecular complexity index is 1220. The van der Waals surface area contributed by atoms with Crippen LogP contribution in [0.2, 0.25) is 0 Å². The maximum atomic E-state index is 13.7. The second-order valence-electron chi connectivity index (χ2n) is 7.28. The molecular weight excluding hydrogens is 423 g/mol. The average Bonchev–Trinajstić information content (AvgIpc) is 3.09. The Labute approximate surface area is 179 Å². The lowest BCUT2D eigenvalue weighted by atomic mass is 10.2. The van der Waals surface area contributed by atoms with Crippen LogP contribution >= 0.6 is 0 Å². The fourth-order valence-electron chi connectivity index (χ4n) is 3.55. The monoisotopic (exact) mass is 446 g/mol. The van der Waals surface area contributed by atoms with Gasteiger partial charge in [0, 0.05) is 33.0 Å². The van der Waals surface area contributed by atoms with Crippen LogP contribution in [0, 0.1) is 5.82 Å². The van der Waals surface area contributed by atoms with Crippen LogP contribution in [0.3, 0.4) is 0 Å². The van der Waals surface area contributed by atoms with Gasteiger partial charge < -0.3 is 14.6 Å². The number of sulfonamides is 1. The third kappa shape index (κ3) is 4.46. The Hall–Kier alpha value is -2.82. The molecule has 1 aromatic heterocycles. The van der Waals surface area contributed by atoms with Crippen LogP contribution in [0.25, 0.3) is 11.0 Å². The molecule has 1 saturated heterocycles. The van der Waals surface area contributed by atoms with Gasteiger partial charge in [0.05, 0.1) is 34.8 Å². The summed E-state index contributed by atoms with van der Waals surface area (Å²) in [6, 6.07) is 10.8. The van der Waals surface area contributed by atoms with E-state index in [1.807, 2.05) is 11.6 Å². The summed E-state index contributed by atoms with van der Waals surface area (Å²) in [4.78, 5) is 16.9. The van der Waals surface area contributed by atoms with Crippen molar-refractivity contribution in [2.75, 3.05) is 31.6 Å². The van der Waals surface area contributed by atoms with Crippen LogP contribution < -0.4 is 5.32 Å². The number of amides is 1. The number of morpholine rings is 1. The van der Waals surface area contributed by atoms with Crippen molar-refractivity contribution in [1.82, 2.24) is 13.9 Å². The van der Waals surface area contributed by atoms with Gasteiger partial charge in [-0.15, -0.1) is 0 Å². The highest BCUT2D eigenvalue weighted by atomic mass is 32.2. The third-order valence-corrected chi connectivity index (χ3v) is 7.17. The quantitative estimate of drug-likeness (QED) is 0.627. The maximum absolute atomic E-state index is 13.7. The number of anilines is 1. The second kappa shape index (κ2) is 8.74. The van der Waals surface area contributed by atoms with Crippen molar-refractivity contribution in [1.29, 1.82) is 0 Å². The van der Waals surface area contributed by atoms with Crippen molar-refractivity contribution < 1.29 is 22.3 Å². The number of nitrogens with one attached hydrogen (secondary N) is 1. The molecule has 8 nitrogen and oxygen atoms in total. The molecule has 1 aliphatic heterocycles. The normalized spacial score (nSPS) is 15.3. The SMILES string of the molecule is Cn1c(CCC(=O)Nc2ccccc2F)nc2cc(S(=O)(=O)N3CCOCC3)ccc21. The van der Waals surface area contributed by atoms with E-state index in [1.165, 1.54) is 16.4 Å². The number of carbonyl (C=O) groups excluding carboxylic acids is 1. The third-order valence-electron chi connectivity index (χ3n) is 5.28. The Morgan fingerprint density at radius 2 is 1.94 bits per heavy atom. The number of fused-ring (bicyclic) bond motifs is 1. The van der Waals surface area contributed by atoms with E-state index < -0.39 is 15.8 Å². The minimum absolute atomic E-state index is 0.116. The van der Waals surface area contributed by atoms with Gasteiger partial charge in [0.25, 0.3) is 0 Å². The highest BCUT2D eigenvalue weighted by Crippen LogP contribution is 2.23. The number of aryl methyl sites for hydroxylation is 2. The van der Waals surface area contributed by atoms with Gasteiger partial charge >= 0.3 is 0 Å². The Kier molecular flexibility index (Phi) is 6.03. The number of aromatic nitrogens is 2. The lowest BCUT2D eigenvalue weighted by Crippen LogP contribution is -2.40. The van der Waals surface area contributed by atoms with E-state index in [0.29, 0.717) is 44.1 Å². The lowest BCUT2D eigenvalue weighted by molar-refractivity contribution is -0.116. The molecule has 1 amide bonds. The average molecular weight is 447 g/mol. The number of rotatable bonds is 6. The minimum Gasteiger partial charge on any atom is -0.379 e. The predicted octanol–water partition coefficient (Wildman–Crippen LogP) is 2.30. The summed E-state index contributed by atoms with van der Waals surface area (Å²) in [6.07, 6.45) is 0.446. The highest BCUT2D eigenvalue weighted by Gasteiger charge is 2.27. The predicted molar refractivity (Wildman–Crippen MR) is 114 cm³/mol. The van der Waals surface area contributed by atoms with E-state index in [2.05, 4.69) is 10.3 Å². The molecule has 0 aliphatic carbocycles. The molecule has 31 heavy (non-hydrogen) atoms. The molecule has 2 aromatic carbocycles. The van der Waals surface area contributed by atoms with Crippen molar-refractivity contribution in [3.63, 3.8) is 0 Å². The van der Waals surface area contributed by atoms with Crippen molar-refractivity contribution in [3.05, 3.63) is 54.1 Å². The van der Waals surface area contributed by atoms with Gasteiger partial charge in [-0.2, -0.15) is 4.31 Å². The Balaban J connectivity index is 1.50. The number of hydrogen-bond donors (Lipinski definition) is 1. The Morgan fingerprint density at radius 3 is 2.68 bits per heavy atom. The molecule has 2 heterocycles. The Morgan fingerprint density at radius 1 is 1.19 bits per heavy atom. The summed E-state index contributed by atoms with van der Waals surface area (Å²) < 4.78 is 48.0. The summed E-state index contributed by atoms with van der Waals surface area (Å²) in [5.41, 5.74) is 1.45. The van der Waals surface area contributed by atoms with Gasteiger partial charge in [-0.05, 0) is 30.3 Å². The molecule has 3 aromatic rings. The molecule has 0 spiro atoms. The number of imidazole rings is 1. The van der Waals surface area contributed by atoms with E-state index in [0.717, 1.165) is 5.52 Å². The van der Waals surface area contributed by atoms with Gasteiger partial charge in [0.1, 0.15) is 11.6 Å². The number of hydrogen-bond acceptors (Lipinski definition) is 5. The summed E-state index contributed by atoms with van der Waals surface area (Å²) in [5.74, 6) is -0.181. The summed E-state index contributed by atoms with van der Waals surface area (Å²) in [7, 11) is -1.80. The summed E-state index contributed by atoms with van der Waals surface area (Å²) in [6.45, 7) is 1.41. The lowest BCUT2D eigenvalue weighted by Gasteiger charge is -2.26. The number of ether oxygens (including phenoxy) is 1. The molecular formula is C21H23FN4O4S. The van der Waals surface area contributed by atoms with E-state index in [1.54, 1.807) is 30.3 Å². The summed E-state index contributed by atoms with van der Waals surface area (Å²) >= 11 is 0. The van der Waals surface area contributed by atoms with Gasteiger partial charge in [-0.3, -0.25) is 4.79 Å². The van der Waals surface area contributed by atoms with Crippen molar-refractivity contribution in [3.8, 4) is 0 Å². The zero-order valence-electron chi connectivity index (χ0n) is 17.0. The molecule has 0 bridgehead atoms.